The number of hydrogen-bond donors (Lipinski definition) is 2. The van der Waals surface area contributed by atoms with E-state index < -0.39 is 5.76 Å². The van der Waals surface area contributed by atoms with Crippen molar-refractivity contribution in [2.24, 2.45) is 0 Å². The lowest BCUT2D eigenvalue weighted by Crippen LogP contribution is -2.11. The maximum atomic E-state index is 12.4. The predicted octanol–water partition coefficient (Wildman–Crippen LogP) is 3.51. The molecule has 130 valence electrons. The highest BCUT2D eigenvalue weighted by molar-refractivity contribution is 7.14. The van der Waals surface area contributed by atoms with Crippen molar-refractivity contribution in [2.75, 3.05) is 12.4 Å². The van der Waals surface area contributed by atoms with Gasteiger partial charge in [0.1, 0.15) is 5.75 Å². The molecule has 0 saturated heterocycles. The van der Waals surface area contributed by atoms with E-state index in [0.29, 0.717) is 33.2 Å². The highest BCUT2D eigenvalue weighted by Crippen LogP contribution is 2.27. The molecule has 8 heteroatoms. The molecule has 0 spiro atoms. The number of aromatic nitrogens is 2. The predicted molar refractivity (Wildman–Crippen MR) is 98.9 cm³/mol. The number of anilines is 1. The Kier molecular flexibility index (Phi) is 4.02. The van der Waals surface area contributed by atoms with Crippen LogP contribution in [0.25, 0.3) is 22.4 Å². The third-order valence-corrected chi connectivity index (χ3v) is 4.53. The van der Waals surface area contributed by atoms with Gasteiger partial charge < -0.3 is 9.15 Å². The molecule has 0 bridgehead atoms. The summed E-state index contributed by atoms with van der Waals surface area (Å²) in [5.41, 5.74) is 3.08. The molecule has 7 nitrogen and oxygen atoms in total. The maximum Gasteiger partial charge on any atom is 0.417 e. The fourth-order valence-corrected chi connectivity index (χ4v) is 3.22. The number of carbonyl (C=O) groups excluding carboxylic acids is 1. The number of nitrogens with one attached hydrogen (secondary N) is 2. The average molecular weight is 367 g/mol. The van der Waals surface area contributed by atoms with Crippen LogP contribution in [0.3, 0.4) is 0 Å². The van der Waals surface area contributed by atoms with E-state index >= 15 is 0 Å². The van der Waals surface area contributed by atoms with Crippen molar-refractivity contribution in [1.82, 2.24) is 9.97 Å². The van der Waals surface area contributed by atoms with Gasteiger partial charge in [-0.3, -0.25) is 15.1 Å². The van der Waals surface area contributed by atoms with Gasteiger partial charge in [-0.25, -0.2) is 9.78 Å². The molecule has 4 rings (SSSR count). The molecule has 0 fully saturated rings. The summed E-state index contributed by atoms with van der Waals surface area (Å²) in [6.07, 6.45) is 0. The Hall–Kier alpha value is -3.39. The number of oxazole rings is 1. The molecule has 0 atom stereocenters. The van der Waals surface area contributed by atoms with Gasteiger partial charge in [0.05, 0.1) is 18.3 Å². The first-order valence-corrected chi connectivity index (χ1v) is 8.54. The molecule has 2 heterocycles. The van der Waals surface area contributed by atoms with Gasteiger partial charge in [-0.05, 0) is 36.4 Å². The summed E-state index contributed by atoms with van der Waals surface area (Å²) in [4.78, 5) is 30.7. The van der Waals surface area contributed by atoms with Crippen LogP contribution in [0.15, 0.2) is 57.1 Å². The molecule has 2 aromatic carbocycles. The topological polar surface area (TPSA) is 97.2 Å². The number of fused-ring (bicyclic) bond motifs is 1. The molecule has 1 amide bonds. The number of H-pyrrole nitrogens is 1. The number of hydrogen-bond acceptors (Lipinski definition) is 6. The minimum absolute atomic E-state index is 0.264. The Morgan fingerprint density at radius 3 is 3.00 bits per heavy atom. The Labute approximate surface area is 151 Å². The summed E-state index contributed by atoms with van der Waals surface area (Å²) in [5.74, 6) is -0.152. The zero-order valence-electron chi connectivity index (χ0n) is 13.6. The SMILES string of the molecule is COc1cccc(C(=O)Nc2nc(-c3ccc4oc(=O)[nH]c4c3)cs2)c1. The van der Waals surface area contributed by atoms with E-state index in [1.165, 1.54) is 11.3 Å². The molecule has 2 aromatic heterocycles. The lowest BCUT2D eigenvalue weighted by molar-refractivity contribution is 0.102. The van der Waals surface area contributed by atoms with Gasteiger partial charge in [0.15, 0.2) is 10.7 Å². The van der Waals surface area contributed by atoms with Crippen LogP contribution in [0.2, 0.25) is 0 Å². The molecular weight excluding hydrogens is 354 g/mol. The summed E-state index contributed by atoms with van der Waals surface area (Å²) in [6.45, 7) is 0. The second-order valence-corrected chi connectivity index (χ2v) is 6.31. The second-order valence-electron chi connectivity index (χ2n) is 5.45. The summed E-state index contributed by atoms with van der Waals surface area (Å²) in [7, 11) is 1.55. The van der Waals surface area contributed by atoms with Crippen LogP contribution >= 0.6 is 11.3 Å². The molecule has 0 aliphatic heterocycles. The number of rotatable bonds is 4. The summed E-state index contributed by atoms with van der Waals surface area (Å²) < 4.78 is 10.1. The van der Waals surface area contributed by atoms with Gasteiger partial charge in [-0.2, -0.15) is 0 Å². The maximum absolute atomic E-state index is 12.4. The molecule has 0 unspecified atom stereocenters. The van der Waals surface area contributed by atoms with E-state index in [2.05, 4.69) is 15.3 Å². The lowest BCUT2D eigenvalue weighted by atomic mass is 10.1. The lowest BCUT2D eigenvalue weighted by Gasteiger charge is -2.04. The third-order valence-electron chi connectivity index (χ3n) is 3.77. The average Bonchev–Trinajstić information content (AvgIpc) is 3.26. The Balaban J connectivity index is 1.56. The van der Waals surface area contributed by atoms with E-state index in [1.54, 1.807) is 43.5 Å². The van der Waals surface area contributed by atoms with Crippen molar-refractivity contribution >= 4 is 33.5 Å². The molecule has 2 N–H and O–H groups in total. The number of methoxy groups -OCH3 is 1. The number of thiazole rings is 1. The zero-order valence-corrected chi connectivity index (χ0v) is 14.4. The first kappa shape index (κ1) is 16.1. The summed E-state index contributed by atoms with van der Waals surface area (Å²) >= 11 is 1.32. The Morgan fingerprint density at radius 2 is 2.15 bits per heavy atom. The number of nitrogens with zero attached hydrogens (tertiary/aromatic N) is 1. The molecule has 0 aliphatic carbocycles. The number of amides is 1. The van der Waals surface area contributed by atoms with Crippen molar-refractivity contribution in [3.05, 3.63) is 64.0 Å². The molecule has 0 radical (unpaired) electrons. The van der Waals surface area contributed by atoms with Gasteiger partial charge in [-0.1, -0.05) is 6.07 Å². The third kappa shape index (κ3) is 3.09. The fraction of sp³-hybridized carbons (Fsp3) is 0.0556. The smallest absolute Gasteiger partial charge is 0.417 e. The van der Waals surface area contributed by atoms with E-state index in [0.717, 1.165) is 5.56 Å². The van der Waals surface area contributed by atoms with Crippen LogP contribution in [-0.2, 0) is 0 Å². The van der Waals surface area contributed by atoms with Crippen molar-refractivity contribution in [3.8, 4) is 17.0 Å². The standard InChI is InChI=1S/C18H13N3O4S/c1-24-12-4-2-3-11(7-12)16(22)21-17-19-14(9-26-17)10-5-6-15-13(8-10)20-18(23)25-15/h2-9H,1H3,(H,20,23)(H,19,21,22). The van der Waals surface area contributed by atoms with Gasteiger partial charge in [0, 0.05) is 16.5 Å². The van der Waals surface area contributed by atoms with Crippen LogP contribution in [-0.4, -0.2) is 23.0 Å². The minimum Gasteiger partial charge on any atom is -0.497 e. The first-order chi connectivity index (χ1) is 12.6. The van der Waals surface area contributed by atoms with Crippen LogP contribution in [0.1, 0.15) is 10.4 Å². The van der Waals surface area contributed by atoms with Crippen molar-refractivity contribution in [3.63, 3.8) is 0 Å². The van der Waals surface area contributed by atoms with E-state index in [4.69, 9.17) is 9.15 Å². The van der Waals surface area contributed by atoms with Gasteiger partial charge >= 0.3 is 5.76 Å². The molecule has 26 heavy (non-hydrogen) atoms. The molecule has 0 aliphatic rings. The largest absolute Gasteiger partial charge is 0.497 e. The van der Waals surface area contributed by atoms with E-state index in [9.17, 15) is 9.59 Å². The van der Waals surface area contributed by atoms with Crippen LogP contribution in [0.5, 0.6) is 5.75 Å². The summed E-state index contributed by atoms with van der Waals surface area (Å²) in [5, 5.41) is 5.09. The van der Waals surface area contributed by atoms with E-state index in [1.807, 2.05) is 11.4 Å². The first-order valence-electron chi connectivity index (χ1n) is 7.66. The van der Waals surface area contributed by atoms with Crippen molar-refractivity contribution in [2.45, 2.75) is 0 Å². The van der Waals surface area contributed by atoms with Crippen molar-refractivity contribution < 1.29 is 13.9 Å². The van der Waals surface area contributed by atoms with Crippen LogP contribution in [0, 0.1) is 0 Å². The molecule has 0 saturated carbocycles. The van der Waals surface area contributed by atoms with E-state index in [-0.39, 0.29) is 5.91 Å². The summed E-state index contributed by atoms with van der Waals surface area (Å²) in [6, 6.07) is 12.2. The quantitative estimate of drug-likeness (QED) is 0.575. The monoisotopic (exact) mass is 367 g/mol. The zero-order chi connectivity index (χ0) is 18.1. The number of benzene rings is 2. The Bertz CT molecular complexity index is 1160. The number of aromatic amines is 1. The highest BCUT2D eigenvalue weighted by Gasteiger charge is 2.12. The second kappa shape index (κ2) is 6.49. The van der Waals surface area contributed by atoms with Crippen LogP contribution in [0.4, 0.5) is 5.13 Å². The van der Waals surface area contributed by atoms with Gasteiger partial charge in [-0.15, -0.1) is 11.3 Å². The minimum atomic E-state index is -0.498. The number of ether oxygens (including phenoxy) is 1. The highest BCUT2D eigenvalue weighted by atomic mass is 32.1. The Morgan fingerprint density at radius 1 is 1.27 bits per heavy atom. The fourth-order valence-electron chi connectivity index (χ4n) is 2.51. The number of carbonyl (C=O) groups is 1. The molecule has 4 aromatic rings. The van der Waals surface area contributed by atoms with Crippen LogP contribution < -0.4 is 15.8 Å². The normalized spacial score (nSPS) is 10.8. The molecular formula is C18H13N3O4S. The van der Waals surface area contributed by atoms with Gasteiger partial charge in [0.2, 0.25) is 0 Å². The van der Waals surface area contributed by atoms with Crippen molar-refractivity contribution in [1.29, 1.82) is 0 Å². The van der Waals surface area contributed by atoms with Gasteiger partial charge in [0.25, 0.3) is 5.91 Å².